The van der Waals surface area contributed by atoms with Crippen molar-refractivity contribution in [2.45, 2.75) is 72.1 Å². The summed E-state index contributed by atoms with van der Waals surface area (Å²) in [4.78, 5) is 15.9. The zero-order chi connectivity index (χ0) is 16.7. The maximum absolute atomic E-state index is 11.0. The van der Waals surface area contributed by atoms with E-state index in [1.54, 1.807) is 0 Å². The van der Waals surface area contributed by atoms with E-state index in [1.165, 1.54) is 23.6 Å². The Morgan fingerprint density at radius 2 is 1.86 bits per heavy atom. The molecule has 1 aromatic rings. The lowest BCUT2D eigenvalue weighted by Crippen LogP contribution is -2.18. The molecule has 0 aromatic heterocycles. The fourth-order valence-corrected chi connectivity index (χ4v) is 3.06. The monoisotopic (exact) mass is 301 g/mol. The summed E-state index contributed by atoms with van der Waals surface area (Å²) >= 11 is 0. The van der Waals surface area contributed by atoms with Gasteiger partial charge in [0.1, 0.15) is 0 Å². The minimum atomic E-state index is -0.386. The molecule has 0 fully saturated rings. The Kier molecular flexibility index (Phi) is 4.20. The summed E-state index contributed by atoms with van der Waals surface area (Å²) in [6.07, 6.45) is 2.19. The van der Waals surface area contributed by atoms with E-state index in [0.29, 0.717) is 0 Å². The summed E-state index contributed by atoms with van der Waals surface area (Å²) < 4.78 is 0. The second-order valence-electron chi connectivity index (χ2n) is 7.94. The number of rotatable bonds is 2. The highest BCUT2D eigenvalue weighted by Gasteiger charge is 2.33. The van der Waals surface area contributed by atoms with Crippen LogP contribution in [0.5, 0.6) is 0 Å². The van der Waals surface area contributed by atoms with Gasteiger partial charge in [0.05, 0.1) is 5.71 Å². The Morgan fingerprint density at radius 3 is 2.41 bits per heavy atom. The number of nitrogens with zero attached hydrogens (tertiary/aromatic N) is 1. The van der Waals surface area contributed by atoms with Crippen LogP contribution in [-0.4, -0.2) is 11.7 Å². The van der Waals surface area contributed by atoms with Gasteiger partial charge in [-0.15, -0.1) is 0 Å². The van der Waals surface area contributed by atoms with Gasteiger partial charge in [0.15, 0.2) is 0 Å². The Hall–Kier alpha value is -1.64. The molecule has 1 aliphatic carbocycles. The number of carbonyl (C=O) groups excluding carboxylic acids is 1. The van der Waals surface area contributed by atoms with Crippen LogP contribution in [0.2, 0.25) is 0 Å². The van der Waals surface area contributed by atoms with Gasteiger partial charge in [-0.2, -0.15) is 0 Å². The Labute approximate surface area is 133 Å². The third-order valence-corrected chi connectivity index (χ3v) is 4.55. The van der Waals surface area contributed by atoms with Crippen LogP contribution in [0.4, 0.5) is 0 Å². The van der Waals surface area contributed by atoms with Crippen LogP contribution in [0, 0.1) is 0 Å². The number of benzene rings is 1. The normalized spacial score (nSPS) is 17.3. The molecule has 3 nitrogen and oxygen atoms in total. The highest BCUT2D eigenvalue weighted by molar-refractivity contribution is 6.00. The molecular weight excluding hydrogens is 274 g/mol. The van der Waals surface area contributed by atoms with E-state index < -0.39 is 0 Å². The van der Waals surface area contributed by atoms with E-state index in [9.17, 15) is 4.79 Å². The van der Waals surface area contributed by atoms with Gasteiger partial charge in [-0.25, -0.2) is 4.79 Å². The van der Waals surface area contributed by atoms with Crippen LogP contribution in [0.3, 0.4) is 0 Å². The van der Waals surface area contributed by atoms with Gasteiger partial charge >= 0.3 is 5.97 Å². The Bertz CT molecular complexity index is 634. The number of carbonyl (C=O) groups is 1. The average molecular weight is 301 g/mol. The van der Waals surface area contributed by atoms with Crippen molar-refractivity contribution in [2.75, 3.05) is 0 Å². The highest BCUT2D eigenvalue weighted by Crippen LogP contribution is 2.42. The molecule has 0 atom stereocenters. The molecule has 1 aromatic carbocycles. The largest absolute Gasteiger partial charge is 0.331 e. The maximum Gasteiger partial charge on any atom is 0.331 e. The van der Waals surface area contributed by atoms with E-state index >= 15 is 0 Å². The first-order valence-corrected chi connectivity index (χ1v) is 7.93. The second kappa shape index (κ2) is 5.53. The van der Waals surface area contributed by atoms with Gasteiger partial charge in [-0.1, -0.05) is 45.8 Å². The Morgan fingerprint density at radius 1 is 1.23 bits per heavy atom. The molecule has 0 unspecified atom stereocenters. The summed E-state index contributed by atoms with van der Waals surface area (Å²) in [5.74, 6) is -0.386. The summed E-state index contributed by atoms with van der Waals surface area (Å²) in [7, 11) is 0. The SMILES string of the molecule is CC(=O)O/N=C(\C)c1cc(C(C)(C)C)cc2c1CCC2(C)C. The zero-order valence-electron chi connectivity index (χ0n) is 14.8. The van der Waals surface area contributed by atoms with E-state index in [0.717, 1.165) is 24.1 Å². The molecule has 0 aliphatic heterocycles. The minimum Gasteiger partial charge on any atom is -0.318 e. The smallest absolute Gasteiger partial charge is 0.318 e. The minimum absolute atomic E-state index is 0.0736. The molecule has 2 rings (SSSR count). The first-order chi connectivity index (χ1) is 10.0. The van der Waals surface area contributed by atoms with Crippen molar-refractivity contribution in [2.24, 2.45) is 5.16 Å². The van der Waals surface area contributed by atoms with Crippen LogP contribution in [0.15, 0.2) is 17.3 Å². The molecule has 120 valence electrons. The quantitative estimate of drug-likeness (QED) is 0.458. The van der Waals surface area contributed by atoms with Crippen molar-refractivity contribution in [3.8, 4) is 0 Å². The van der Waals surface area contributed by atoms with Crippen molar-refractivity contribution in [3.05, 3.63) is 34.4 Å². The fourth-order valence-electron chi connectivity index (χ4n) is 3.06. The molecular formula is C19H27NO2. The van der Waals surface area contributed by atoms with Crippen molar-refractivity contribution >= 4 is 11.7 Å². The molecule has 3 heteroatoms. The molecule has 0 saturated heterocycles. The number of fused-ring (bicyclic) bond motifs is 1. The third kappa shape index (κ3) is 3.23. The Balaban J connectivity index is 2.61. The second-order valence-corrected chi connectivity index (χ2v) is 7.94. The van der Waals surface area contributed by atoms with Crippen LogP contribution in [0.1, 0.15) is 77.1 Å². The number of hydrogen-bond acceptors (Lipinski definition) is 3. The van der Waals surface area contributed by atoms with E-state index in [4.69, 9.17) is 4.84 Å². The van der Waals surface area contributed by atoms with Gasteiger partial charge in [-0.05, 0) is 53.4 Å². The summed E-state index contributed by atoms with van der Waals surface area (Å²) in [5, 5.41) is 4.01. The molecule has 0 radical (unpaired) electrons. The molecule has 0 N–H and O–H groups in total. The lowest BCUT2D eigenvalue weighted by Gasteiger charge is -2.26. The topological polar surface area (TPSA) is 38.7 Å². The van der Waals surface area contributed by atoms with Crippen LogP contribution in [0.25, 0.3) is 0 Å². The lowest BCUT2D eigenvalue weighted by molar-refractivity contribution is -0.140. The van der Waals surface area contributed by atoms with E-state index in [-0.39, 0.29) is 16.8 Å². The number of hydrogen-bond donors (Lipinski definition) is 0. The van der Waals surface area contributed by atoms with Gasteiger partial charge in [0.25, 0.3) is 0 Å². The van der Waals surface area contributed by atoms with Gasteiger partial charge in [0.2, 0.25) is 0 Å². The van der Waals surface area contributed by atoms with Crippen LogP contribution < -0.4 is 0 Å². The average Bonchev–Trinajstić information content (AvgIpc) is 2.70. The van der Waals surface area contributed by atoms with Crippen molar-refractivity contribution < 1.29 is 9.63 Å². The van der Waals surface area contributed by atoms with E-state index in [1.807, 2.05) is 6.92 Å². The molecule has 22 heavy (non-hydrogen) atoms. The van der Waals surface area contributed by atoms with Gasteiger partial charge in [0, 0.05) is 12.5 Å². The zero-order valence-corrected chi connectivity index (χ0v) is 14.8. The van der Waals surface area contributed by atoms with Crippen LogP contribution in [-0.2, 0) is 26.9 Å². The predicted octanol–water partition coefficient (Wildman–Crippen LogP) is 4.50. The van der Waals surface area contributed by atoms with Gasteiger partial charge in [-0.3, -0.25) is 0 Å². The molecule has 0 heterocycles. The third-order valence-electron chi connectivity index (χ3n) is 4.55. The maximum atomic E-state index is 11.0. The van der Waals surface area contributed by atoms with Gasteiger partial charge < -0.3 is 4.84 Å². The fraction of sp³-hybridized carbons (Fsp3) is 0.579. The molecule has 0 amide bonds. The highest BCUT2D eigenvalue weighted by atomic mass is 16.7. The summed E-state index contributed by atoms with van der Waals surface area (Å²) in [5.41, 5.74) is 6.22. The van der Waals surface area contributed by atoms with Crippen LogP contribution >= 0.6 is 0 Å². The van der Waals surface area contributed by atoms with Crippen molar-refractivity contribution in [1.29, 1.82) is 0 Å². The molecule has 0 bridgehead atoms. The summed E-state index contributed by atoms with van der Waals surface area (Å²) in [6, 6.07) is 4.56. The van der Waals surface area contributed by atoms with Crippen molar-refractivity contribution in [1.82, 2.24) is 0 Å². The lowest BCUT2D eigenvalue weighted by atomic mass is 9.79. The number of oxime groups is 1. The molecule has 1 aliphatic rings. The van der Waals surface area contributed by atoms with E-state index in [2.05, 4.69) is 51.9 Å². The summed E-state index contributed by atoms with van der Waals surface area (Å²) in [6.45, 7) is 14.5. The van der Waals surface area contributed by atoms with Crippen molar-refractivity contribution in [3.63, 3.8) is 0 Å². The first-order valence-electron chi connectivity index (χ1n) is 7.93. The first kappa shape index (κ1) is 16.7. The molecule has 0 saturated carbocycles. The standard InChI is InChI=1S/C19H27NO2/c1-12(20-22-13(2)21)16-10-14(18(3,4)5)11-17-15(16)8-9-19(17,6)7/h10-11H,8-9H2,1-7H3/b20-12+. The predicted molar refractivity (Wildman–Crippen MR) is 90.5 cm³/mol. The molecule has 0 spiro atoms.